The molecule has 1 unspecified atom stereocenters. The van der Waals surface area contributed by atoms with Crippen molar-refractivity contribution in [3.8, 4) is 11.6 Å². The molecule has 4 nitrogen and oxygen atoms in total. The maximum Gasteiger partial charge on any atom is 0.197 e. The summed E-state index contributed by atoms with van der Waals surface area (Å²) in [6.45, 7) is 0. The molecule has 1 aliphatic rings. The van der Waals surface area contributed by atoms with E-state index in [2.05, 4.69) is 31.2 Å². The molecule has 1 atom stereocenters. The van der Waals surface area contributed by atoms with Gasteiger partial charge in [0.05, 0.1) is 10.7 Å². The number of hydrogen-bond acceptors (Lipinski definition) is 4. The SMILES string of the molecule is CNC1CCCc2nc(-c3occc3Br)ncc21. The molecule has 2 heterocycles. The van der Waals surface area contributed by atoms with Crippen LogP contribution in [0.4, 0.5) is 0 Å². The minimum Gasteiger partial charge on any atom is -0.460 e. The Morgan fingerprint density at radius 1 is 1.50 bits per heavy atom. The highest BCUT2D eigenvalue weighted by Crippen LogP contribution is 2.31. The van der Waals surface area contributed by atoms with Crippen LogP contribution in [0.3, 0.4) is 0 Å². The third-order valence-electron chi connectivity index (χ3n) is 3.35. The van der Waals surface area contributed by atoms with Crippen molar-refractivity contribution < 1.29 is 4.42 Å². The quantitative estimate of drug-likeness (QED) is 0.926. The number of rotatable bonds is 2. The number of nitrogens with zero attached hydrogens (tertiary/aromatic N) is 2. The molecule has 0 aliphatic heterocycles. The van der Waals surface area contributed by atoms with Crippen LogP contribution in [0.2, 0.25) is 0 Å². The molecule has 0 amide bonds. The lowest BCUT2D eigenvalue weighted by Crippen LogP contribution is -2.22. The number of hydrogen-bond donors (Lipinski definition) is 1. The third-order valence-corrected chi connectivity index (χ3v) is 3.97. The average Bonchev–Trinajstić information content (AvgIpc) is 2.83. The first kappa shape index (κ1) is 11.9. The van der Waals surface area contributed by atoms with Crippen LogP contribution in [0.5, 0.6) is 0 Å². The molecular weight excluding hydrogens is 294 g/mol. The lowest BCUT2D eigenvalue weighted by Gasteiger charge is -2.23. The van der Waals surface area contributed by atoms with Crippen LogP contribution in [0.25, 0.3) is 11.6 Å². The summed E-state index contributed by atoms with van der Waals surface area (Å²) in [5, 5.41) is 3.31. The normalized spacial score (nSPS) is 18.7. The van der Waals surface area contributed by atoms with Gasteiger partial charge < -0.3 is 9.73 Å². The molecule has 2 aromatic rings. The third kappa shape index (κ3) is 1.97. The average molecular weight is 308 g/mol. The molecule has 0 radical (unpaired) electrons. The highest BCUT2D eigenvalue weighted by molar-refractivity contribution is 9.10. The van der Waals surface area contributed by atoms with Crippen LogP contribution in [0.15, 0.2) is 27.4 Å². The molecule has 1 aliphatic carbocycles. The molecule has 3 rings (SSSR count). The van der Waals surface area contributed by atoms with E-state index in [1.165, 1.54) is 5.56 Å². The molecule has 94 valence electrons. The summed E-state index contributed by atoms with van der Waals surface area (Å²) in [7, 11) is 1.98. The molecule has 0 saturated carbocycles. The summed E-state index contributed by atoms with van der Waals surface area (Å²) in [5.74, 6) is 1.35. The molecule has 5 heteroatoms. The number of aryl methyl sites for hydroxylation is 1. The Morgan fingerprint density at radius 3 is 3.11 bits per heavy atom. The van der Waals surface area contributed by atoms with E-state index >= 15 is 0 Å². The largest absolute Gasteiger partial charge is 0.460 e. The second-order valence-corrected chi connectivity index (χ2v) is 5.28. The Bertz CT molecular complexity index is 567. The minimum absolute atomic E-state index is 0.378. The van der Waals surface area contributed by atoms with Gasteiger partial charge >= 0.3 is 0 Å². The molecule has 0 saturated heterocycles. The fraction of sp³-hybridized carbons (Fsp3) is 0.385. The Hall–Kier alpha value is -1.20. The summed E-state index contributed by atoms with van der Waals surface area (Å²) < 4.78 is 6.30. The lowest BCUT2D eigenvalue weighted by molar-refractivity contribution is 0.486. The van der Waals surface area contributed by atoms with E-state index in [4.69, 9.17) is 4.42 Å². The Kier molecular flexibility index (Phi) is 3.18. The maximum absolute atomic E-state index is 5.41. The first-order valence-corrected chi connectivity index (χ1v) is 6.85. The highest BCUT2D eigenvalue weighted by Gasteiger charge is 2.22. The van der Waals surface area contributed by atoms with Gasteiger partial charge in [-0.2, -0.15) is 0 Å². The van der Waals surface area contributed by atoms with E-state index in [1.54, 1.807) is 6.26 Å². The van der Waals surface area contributed by atoms with E-state index in [0.29, 0.717) is 17.6 Å². The van der Waals surface area contributed by atoms with Crippen molar-refractivity contribution in [3.05, 3.63) is 34.3 Å². The van der Waals surface area contributed by atoms with Gasteiger partial charge in [-0.3, -0.25) is 0 Å². The van der Waals surface area contributed by atoms with Crippen LogP contribution < -0.4 is 5.32 Å². The molecule has 0 fully saturated rings. The molecule has 18 heavy (non-hydrogen) atoms. The monoisotopic (exact) mass is 307 g/mol. The second-order valence-electron chi connectivity index (χ2n) is 4.43. The van der Waals surface area contributed by atoms with Crippen molar-refractivity contribution in [2.75, 3.05) is 7.05 Å². The van der Waals surface area contributed by atoms with E-state index in [0.717, 1.165) is 29.4 Å². The van der Waals surface area contributed by atoms with Gasteiger partial charge in [-0.1, -0.05) is 0 Å². The van der Waals surface area contributed by atoms with E-state index < -0.39 is 0 Å². The summed E-state index contributed by atoms with van der Waals surface area (Å²) in [6.07, 6.45) is 6.89. The highest BCUT2D eigenvalue weighted by atomic mass is 79.9. The van der Waals surface area contributed by atoms with Crippen molar-refractivity contribution in [2.45, 2.75) is 25.3 Å². The summed E-state index contributed by atoms with van der Waals surface area (Å²) in [5.41, 5.74) is 2.35. The van der Waals surface area contributed by atoms with Crippen molar-refractivity contribution >= 4 is 15.9 Å². The molecule has 1 N–H and O–H groups in total. The van der Waals surface area contributed by atoms with Crippen LogP contribution >= 0.6 is 15.9 Å². The minimum atomic E-state index is 0.378. The number of furan rings is 1. The van der Waals surface area contributed by atoms with Crippen LogP contribution in [-0.4, -0.2) is 17.0 Å². The molecule has 0 spiro atoms. The van der Waals surface area contributed by atoms with Gasteiger partial charge in [-0.15, -0.1) is 0 Å². The predicted molar refractivity (Wildman–Crippen MR) is 72.2 cm³/mol. The predicted octanol–water partition coefficient (Wildman–Crippen LogP) is 3.10. The van der Waals surface area contributed by atoms with Gasteiger partial charge in [0.1, 0.15) is 0 Å². The molecule has 0 bridgehead atoms. The van der Waals surface area contributed by atoms with Crippen LogP contribution in [0, 0.1) is 0 Å². The van der Waals surface area contributed by atoms with Crippen molar-refractivity contribution in [3.63, 3.8) is 0 Å². The van der Waals surface area contributed by atoms with E-state index in [9.17, 15) is 0 Å². The van der Waals surface area contributed by atoms with Gasteiger partial charge in [0, 0.05) is 23.5 Å². The van der Waals surface area contributed by atoms with Crippen LogP contribution in [-0.2, 0) is 6.42 Å². The van der Waals surface area contributed by atoms with Gasteiger partial charge in [-0.25, -0.2) is 9.97 Å². The fourth-order valence-electron chi connectivity index (χ4n) is 2.41. The van der Waals surface area contributed by atoms with Gasteiger partial charge in [0.25, 0.3) is 0 Å². The molecule has 0 aromatic carbocycles. The molecular formula is C13H14BrN3O. The Balaban J connectivity index is 2.04. The fourth-order valence-corrected chi connectivity index (χ4v) is 2.79. The first-order chi connectivity index (χ1) is 8.79. The van der Waals surface area contributed by atoms with Gasteiger partial charge in [-0.05, 0) is 48.3 Å². The lowest BCUT2D eigenvalue weighted by atomic mass is 9.92. The first-order valence-electron chi connectivity index (χ1n) is 6.06. The van der Waals surface area contributed by atoms with Crippen molar-refractivity contribution in [1.29, 1.82) is 0 Å². The van der Waals surface area contributed by atoms with Gasteiger partial charge in [0.15, 0.2) is 11.6 Å². The van der Waals surface area contributed by atoms with Gasteiger partial charge in [0.2, 0.25) is 0 Å². The van der Waals surface area contributed by atoms with Crippen molar-refractivity contribution in [2.24, 2.45) is 0 Å². The summed E-state index contributed by atoms with van der Waals surface area (Å²) >= 11 is 3.44. The Labute approximate surface area is 114 Å². The summed E-state index contributed by atoms with van der Waals surface area (Å²) in [6, 6.07) is 2.23. The van der Waals surface area contributed by atoms with E-state index in [1.807, 2.05) is 19.3 Å². The zero-order chi connectivity index (χ0) is 12.5. The van der Waals surface area contributed by atoms with Crippen molar-refractivity contribution in [1.82, 2.24) is 15.3 Å². The van der Waals surface area contributed by atoms with E-state index in [-0.39, 0.29) is 0 Å². The zero-order valence-electron chi connectivity index (χ0n) is 10.1. The Morgan fingerprint density at radius 2 is 2.39 bits per heavy atom. The number of aromatic nitrogens is 2. The molecule has 2 aromatic heterocycles. The second kappa shape index (κ2) is 4.82. The van der Waals surface area contributed by atoms with Crippen LogP contribution in [0.1, 0.15) is 30.1 Å². The zero-order valence-corrected chi connectivity index (χ0v) is 11.7. The standard InChI is InChI=1S/C13H14BrN3O/c1-15-10-3-2-4-11-8(10)7-16-13(17-11)12-9(14)5-6-18-12/h5-7,10,15H,2-4H2,1H3. The summed E-state index contributed by atoms with van der Waals surface area (Å²) in [4.78, 5) is 9.06. The number of fused-ring (bicyclic) bond motifs is 1. The maximum atomic E-state index is 5.41. The smallest absolute Gasteiger partial charge is 0.197 e. The number of nitrogens with one attached hydrogen (secondary N) is 1. The topological polar surface area (TPSA) is 51.0 Å². The number of halogens is 1.